The molecule has 1 amide bonds. The summed E-state index contributed by atoms with van der Waals surface area (Å²) in [7, 11) is 0. The topological polar surface area (TPSA) is 58.4 Å². The summed E-state index contributed by atoms with van der Waals surface area (Å²) in [4.78, 5) is 14.7. The van der Waals surface area contributed by atoms with Gasteiger partial charge < -0.3 is 9.84 Å². The molecule has 1 N–H and O–H groups in total. The van der Waals surface area contributed by atoms with Crippen LogP contribution in [0.3, 0.4) is 0 Å². The molecule has 1 saturated heterocycles. The van der Waals surface area contributed by atoms with Crippen LogP contribution < -0.4 is 5.32 Å². The van der Waals surface area contributed by atoms with E-state index in [0.29, 0.717) is 6.54 Å². The first-order chi connectivity index (χ1) is 12.2. The van der Waals surface area contributed by atoms with E-state index < -0.39 is 0 Å². The Morgan fingerprint density at radius 1 is 1.36 bits per heavy atom. The van der Waals surface area contributed by atoms with Crippen LogP contribution in [0.1, 0.15) is 48.7 Å². The molecule has 1 aromatic carbocycles. The number of carbonyl (C=O) groups is 1. The Hall–Kier alpha value is -2.14. The largest absolute Gasteiger partial charge is 0.361 e. The molecule has 1 aromatic heterocycles. The van der Waals surface area contributed by atoms with Gasteiger partial charge >= 0.3 is 0 Å². The third kappa shape index (κ3) is 3.47. The SMILES string of the molecule is Cc1cc(C2CCCN2CC(=O)NCC2(c3ccccc3)CC2)no1. The lowest BCUT2D eigenvalue weighted by molar-refractivity contribution is -0.122. The van der Waals surface area contributed by atoms with Crippen molar-refractivity contribution in [1.82, 2.24) is 15.4 Å². The minimum Gasteiger partial charge on any atom is -0.361 e. The van der Waals surface area contributed by atoms with Gasteiger partial charge in [-0.3, -0.25) is 9.69 Å². The third-order valence-electron chi connectivity index (χ3n) is 5.56. The molecule has 1 saturated carbocycles. The Bertz CT molecular complexity index is 736. The average Bonchev–Trinajstić information content (AvgIpc) is 3.08. The van der Waals surface area contributed by atoms with Crippen LogP contribution >= 0.6 is 0 Å². The molecule has 1 unspecified atom stereocenters. The number of amides is 1. The van der Waals surface area contributed by atoms with E-state index in [4.69, 9.17) is 4.52 Å². The van der Waals surface area contributed by atoms with Crippen molar-refractivity contribution < 1.29 is 9.32 Å². The summed E-state index contributed by atoms with van der Waals surface area (Å²) in [5.74, 6) is 0.930. The number of nitrogens with zero attached hydrogens (tertiary/aromatic N) is 2. The molecule has 1 aliphatic heterocycles. The van der Waals surface area contributed by atoms with Gasteiger partial charge in [-0.2, -0.15) is 0 Å². The summed E-state index contributed by atoms with van der Waals surface area (Å²) in [6.07, 6.45) is 4.44. The van der Waals surface area contributed by atoms with Crippen molar-refractivity contribution in [1.29, 1.82) is 0 Å². The van der Waals surface area contributed by atoms with Gasteiger partial charge in [-0.25, -0.2) is 0 Å². The van der Waals surface area contributed by atoms with E-state index >= 15 is 0 Å². The number of aromatic nitrogens is 1. The van der Waals surface area contributed by atoms with E-state index in [1.54, 1.807) is 0 Å². The first kappa shape index (κ1) is 16.3. The average molecular weight is 339 g/mol. The number of nitrogens with one attached hydrogen (secondary N) is 1. The fraction of sp³-hybridized carbons (Fsp3) is 0.500. The van der Waals surface area contributed by atoms with Gasteiger partial charge in [0.15, 0.2) is 0 Å². The minimum atomic E-state index is 0.106. The number of benzene rings is 1. The lowest BCUT2D eigenvalue weighted by atomic mass is 9.96. The molecule has 132 valence electrons. The second-order valence-electron chi connectivity index (χ2n) is 7.41. The highest BCUT2D eigenvalue weighted by atomic mass is 16.5. The molecule has 4 rings (SSSR count). The second kappa shape index (κ2) is 6.64. The number of rotatable bonds is 6. The zero-order valence-electron chi connectivity index (χ0n) is 14.7. The van der Waals surface area contributed by atoms with Crippen molar-refractivity contribution in [3.63, 3.8) is 0 Å². The van der Waals surface area contributed by atoms with Gasteiger partial charge in [0.2, 0.25) is 5.91 Å². The van der Waals surface area contributed by atoms with Gasteiger partial charge in [-0.15, -0.1) is 0 Å². The third-order valence-corrected chi connectivity index (χ3v) is 5.56. The molecule has 5 heteroatoms. The Labute approximate surface area is 148 Å². The van der Waals surface area contributed by atoms with Gasteiger partial charge in [0.05, 0.1) is 12.6 Å². The Kier molecular flexibility index (Phi) is 4.34. The van der Waals surface area contributed by atoms with Gasteiger partial charge in [0.1, 0.15) is 11.5 Å². The quantitative estimate of drug-likeness (QED) is 0.879. The highest BCUT2D eigenvalue weighted by Crippen LogP contribution is 2.47. The molecule has 0 bridgehead atoms. The van der Waals surface area contributed by atoms with Gasteiger partial charge in [-0.05, 0) is 44.7 Å². The molecule has 1 atom stereocenters. The van der Waals surface area contributed by atoms with Crippen molar-refractivity contribution in [3.8, 4) is 0 Å². The molecule has 2 aliphatic rings. The minimum absolute atomic E-state index is 0.106. The van der Waals surface area contributed by atoms with Crippen molar-refractivity contribution in [3.05, 3.63) is 53.4 Å². The van der Waals surface area contributed by atoms with Gasteiger partial charge in [0, 0.05) is 18.0 Å². The zero-order chi connectivity index (χ0) is 17.3. The highest BCUT2D eigenvalue weighted by molar-refractivity contribution is 5.78. The van der Waals surface area contributed by atoms with E-state index in [0.717, 1.165) is 50.2 Å². The van der Waals surface area contributed by atoms with Crippen molar-refractivity contribution in [2.45, 2.75) is 44.1 Å². The Morgan fingerprint density at radius 2 is 2.16 bits per heavy atom. The maximum absolute atomic E-state index is 12.5. The first-order valence-electron chi connectivity index (χ1n) is 9.16. The monoisotopic (exact) mass is 339 g/mol. The van der Waals surface area contributed by atoms with E-state index in [-0.39, 0.29) is 17.4 Å². The predicted molar refractivity (Wildman–Crippen MR) is 95.2 cm³/mol. The number of aryl methyl sites for hydroxylation is 1. The molecule has 0 radical (unpaired) electrons. The van der Waals surface area contributed by atoms with Crippen molar-refractivity contribution >= 4 is 5.91 Å². The fourth-order valence-corrected chi connectivity index (χ4v) is 3.91. The molecule has 0 spiro atoms. The highest BCUT2D eigenvalue weighted by Gasteiger charge is 2.44. The van der Waals surface area contributed by atoms with Crippen LogP contribution in [0, 0.1) is 6.92 Å². The van der Waals surface area contributed by atoms with E-state index in [2.05, 4.69) is 39.6 Å². The molecule has 1 aliphatic carbocycles. The van der Waals surface area contributed by atoms with Crippen LogP contribution in [0.4, 0.5) is 0 Å². The van der Waals surface area contributed by atoms with Gasteiger partial charge in [-0.1, -0.05) is 35.5 Å². The molecule has 2 fully saturated rings. The number of hydrogen-bond acceptors (Lipinski definition) is 4. The number of carbonyl (C=O) groups excluding carboxylic acids is 1. The van der Waals surface area contributed by atoms with Crippen LogP contribution in [0.25, 0.3) is 0 Å². The number of likely N-dealkylation sites (tertiary alicyclic amines) is 1. The van der Waals surface area contributed by atoms with E-state index in [1.807, 2.05) is 19.1 Å². The molecule has 5 nitrogen and oxygen atoms in total. The van der Waals surface area contributed by atoms with Crippen molar-refractivity contribution in [2.24, 2.45) is 0 Å². The summed E-state index contributed by atoms with van der Waals surface area (Å²) in [5, 5.41) is 7.31. The van der Waals surface area contributed by atoms with E-state index in [9.17, 15) is 4.79 Å². The fourth-order valence-electron chi connectivity index (χ4n) is 3.91. The number of hydrogen-bond donors (Lipinski definition) is 1. The summed E-state index contributed by atoms with van der Waals surface area (Å²) < 4.78 is 5.20. The predicted octanol–water partition coefficient (Wildman–Crippen LogP) is 2.97. The summed E-state index contributed by atoms with van der Waals surface area (Å²) >= 11 is 0. The lowest BCUT2D eigenvalue weighted by Crippen LogP contribution is -2.40. The lowest BCUT2D eigenvalue weighted by Gasteiger charge is -2.23. The summed E-state index contributed by atoms with van der Waals surface area (Å²) in [6, 6.07) is 12.7. The summed E-state index contributed by atoms with van der Waals surface area (Å²) in [5.41, 5.74) is 2.45. The maximum atomic E-state index is 12.5. The maximum Gasteiger partial charge on any atom is 0.234 e. The van der Waals surface area contributed by atoms with E-state index in [1.165, 1.54) is 5.56 Å². The van der Waals surface area contributed by atoms with Crippen LogP contribution in [0.15, 0.2) is 40.9 Å². The Morgan fingerprint density at radius 3 is 2.84 bits per heavy atom. The van der Waals surface area contributed by atoms with Gasteiger partial charge in [0.25, 0.3) is 0 Å². The van der Waals surface area contributed by atoms with Crippen LogP contribution in [-0.2, 0) is 10.2 Å². The normalized spacial score (nSPS) is 22.0. The zero-order valence-corrected chi connectivity index (χ0v) is 14.7. The summed E-state index contributed by atoms with van der Waals surface area (Å²) in [6.45, 7) is 4.01. The van der Waals surface area contributed by atoms with Crippen LogP contribution in [0.2, 0.25) is 0 Å². The smallest absolute Gasteiger partial charge is 0.234 e. The van der Waals surface area contributed by atoms with Crippen LogP contribution in [-0.4, -0.2) is 35.6 Å². The Balaban J connectivity index is 1.33. The molecule has 2 heterocycles. The van der Waals surface area contributed by atoms with Crippen molar-refractivity contribution in [2.75, 3.05) is 19.6 Å². The molecular weight excluding hydrogens is 314 g/mol. The molecule has 2 aromatic rings. The first-order valence-corrected chi connectivity index (χ1v) is 9.16. The molecular formula is C20H25N3O2. The second-order valence-corrected chi connectivity index (χ2v) is 7.41. The van der Waals surface area contributed by atoms with Crippen LogP contribution in [0.5, 0.6) is 0 Å². The standard InChI is InChI=1S/C20H25N3O2/c1-15-12-17(22-25-15)18-8-5-11-23(18)13-19(24)21-14-20(9-10-20)16-6-3-2-4-7-16/h2-4,6-7,12,18H,5,8-11,13-14H2,1H3,(H,21,24). The molecule has 25 heavy (non-hydrogen) atoms.